The first kappa shape index (κ1) is 20.7. The Morgan fingerprint density at radius 3 is 2.56 bits per heavy atom. The van der Waals surface area contributed by atoms with Crippen LogP contribution in [0.2, 0.25) is 5.02 Å². The number of furan rings is 1. The minimum Gasteiger partial charge on any atom is -0.478 e. The second kappa shape index (κ2) is 8.88. The van der Waals surface area contributed by atoms with Crippen LogP contribution in [-0.4, -0.2) is 47.3 Å². The second-order valence-corrected chi connectivity index (χ2v) is 6.58. The van der Waals surface area contributed by atoms with E-state index in [0.29, 0.717) is 35.2 Å². The van der Waals surface area contributed by atoms with E-state index in [4.69, 9.17) is 26.2 Å². The van der Waals surface area contributed by atoms with Gasteiger partial charge in [0.05, 0.1) is 22.4 Å². The molecule has 0 aliphatic carbocycles. The number of anilines is 1. The summed E-state index contributed by atoms with van der Waals surface area (Å²) < 4.78 is 19.4. The molecule has 7 nitrogen and oxygen atoms in total. The van der Waals surface area contributed by atoms with Crippen molar-refractivity contribution in [3.8, 4) is 0 Å². The number of carboxylic acids is 2. The number of nitrogens with one attached hydrogen (secondary N) is 1. The largest absolute Gasteiger partial charge is 0.478 e. The van der Waals surface area contributed by atoms with Crippen LogP contribution in [-0.2, 0) is 9.59 Å². The van der Waals surface area contributed by atoms with Crippen LogP contribution in [0.5, 0.6) is 0 Å². The van der Waals surface area contributed by atoms with Crippen molar-refractivity contribution in [2.45, 2.75) is 25.9 Å². The first-order valence-corrected chi connectivity index (χ1v) is 8.57. The third-order valence-electron chi connectivity index (χ3n) is 4.05. The summed E-state index contributed by atoms with van der Waals surface area (Å²) in [6.07, 6.45) is 2.62. The maximum Gasteiger partial charge on any atom is 0.328 e. The van der Waals surface area contributed by atoms with Crippen molar-refractivity contribution < 1.29 is 28.6 Å². The van der Waals surface area contributed by atoms with Crippen LogP contribution >= 0.6 is 11.6 Å². The van der Waals surface area contributed by atoms with Crippen molar-refractivity contribution in [2.75, 3.05) is 18.0 Å². The van der Waals surface area contributed by atoms with Crippen molar-refractivity contribution in [1.29, 1.82) is 0 Å². The fraction of sp³-hybridized carbons (Fsp3) is 0.333. The predicted molar refractivity (Wildman–Crippen MR) is 99.9 cm³/mol. The molecule has 1 aliphatic rings. The highest BCUT2D eigenvalue weighted by molar-refractivity contribution is 6.32. The molecule has 1 aromatic carbocycles. The predicted octanol–water partition coefficient (Wildman–Crippen LogP) is 3.12. The maximum atomic E-state index is 13.9. The summed E-state index contributed by atoms with van der Waals surface area (Å²) >= 11 is 5.99. The van der Waals surface area contributed by atoms with E-state index >= 15 is 0 Å². The number of benzene rings is 1. The Balaban J connectivity index is 0.000000279. The molecule has 1 aromatic heterocycles. The van der Waals surface area contributed by atoms with Gasteiger partial charge in [0.25, 0.3) is 0 Å². The Bertz CT molecular complexity index is 851. The monoisotopic (exact) mass is 398 g/mol. The molecule has 2 atom stereocenters. The van der Waals surface area contributed by atoms with Gasteiger partial charge in [-0.25, -0.2) is 14.0 Å². The highest BCUT2D eigenvalue weighted by Crippen LogP contribution is 2.35. The summed E-state index contributed by atoms with van der Waals surface area (Å²) in [4.78, 5) is 21.3. The first-order valence-electron chi connectivity index (χ1n) is 8.19. The van der Waals surface area contributed by atoms with Crippen LogP contribution in [0.1, 0.15) is 13.8 Å². The minimum absolute atomic E-state index is 0.141. The lowest BCUT2D eigenvalue weighted by molar-refractivity contribution is -0.134. The molecule has 1 saturated heterocycles. The molecule has 0 bridgehead atoms. The van der Waals surface area contributed by atoms with Crippen LogP contribution in [0.3, 0.4) is 0 Å². The SMILES string of the molecule is C[C@H]1CN(c2cc(Cl)c(F)c3ccoc23)[C@@H](C)CN1.O=C(O)C=CC(=O)O. The number of aliphatic carboxylic acids is 2. The molecule has 0 saturated carbocycles. The van der Waals surface area contributed by atoms with Gasteiger partial charge in [0.1, 0.15) is 0 Å². The summed E-state index contributed by atoms with van der Waals surface area (Å²) in [7, 11) is 0. The normalized spacial score (nSPS) is 19.8. The van der Waals surface area contributed by atoms with Gasteiger partial charge in [-0.2, -0.15) is 0 Å². The quantitative estimate of drug-likeness (QED) is 0.682. The number of rotatable bonds is 3. The van der Waals surface area contributed by atoms with E-state index < -0.39 is 17.8 Å². The molecule has 2 heterocycles. The lowest BCUT2D eigenvalue weighted by Crippen LogP contribution is -2.54. The topological polar surface area (TPSA) is 103 Å². The van der Waals surface area contributed by atoms with Gasteiger partial charge in [0.2, 0.25) is 0 Å². The summed E-state index contributed by atoms with van der Waals surface area (Å²) in [5.74, 6) is -2.93. The number of hydrogen-bond acceptors (Lipinski definition) is 5. The molecule has 27 heavy (non-hydrogen) atoms. The van der Waals surface area contributed by atoms with Gasteiger partial charge < -0.3 is 24.8 Å². The fourth-order valence-corrected chi connectivity index (χ4v) is 2.98. The van der Waals surface area contributed by atoms with Crippen LogP contribution < -0.4 is 10.2 Å². The van der Waals surface area contributed by atoms with Gasteiger partial charge in [0, 0.05) is 37.3 Å². The number of hydrogen-bond donors (Lipinski definition) is 3. The average molecular weight is 399 g/mol. The molecular weight excluding hydrogens is 379 g/mol. The zero-order chi connectivity index (χ0) is 20.1. The van der Waals surface area contributed by atoms with E-state index in [1.54, 1.807) is 12.1 Å². The first-order chi connectivity index (χ1) is 12.7. The highest BCUT2D eigenvalue weighted by atomic mass is 35.5. The van der Waals surface area contributed by atoms with Crippen LogP contribution in [0.4, 0.5) is 10.1 Å². The third-order valence-corrected chi connectivity index (χ3v) is 4.32. The smallest absolute Gasteiger partial charge is 0.328 e. The van der Waals surface area contributed by atoms with Crippen LogP contribution in [0.15, 0.2) is 35.0 Å². The molecule has 1 fully saturated rings. The molecule has 0 amide bonds. The van der Waals surface area contributed by atoms with E-state index in [1.165, 1.54) is 6.26 Å². The van der Waals surface area contributed by atoms with Gasteiger partial charge in [-0.15, -0.1) is 0 Å². The van der Waals surface area contributed by atoms with Crippen LogP contribution in [0, 0.1) is 5.82 Å². The van der Waals surface area contributed by atoms with Crippen molar-refractivity contribution in [3.05, 3.63) is 41.4 Å². The molecule has 1 aliphatic heterocycles. The van der Waals surface area contributed by atoms with E-state index in [9.17, 15) is 14.0 Å². The molecule has 3 rings (SSSR count). The molecule has 9 heteroatoms. The number of piperazine rings is 1. The Hall–Kier alpha value is -2.58. The molecule has 3 N–H and O–H groups in total. The minimum atomic E-state index is -1.26. The number of carbonyl (C=O) groups is 2. The summed E-state index contributed by atoms with van der Waals surface area (Å²) in [6.45, 7) is 5.99. The van der Waals surface area contributed by atoms with Gasteiger partial charge in [-0.05, 0) is 26.0 Å². The Kier molecular flexibility index (Phi) is 6.81. The van der Waals surface area contributed by atoms with Gasteiger partial charge in [0.15, 0.2) is 11.4 Å². The molecule has 0 unspecified atom stereocenters. The number of fused-ring (bicyclic) bond motifs is 1. The van der Waals surface area contributed by atoms with E-state index in [-0.39, 0.29) is 5.02 Å². The summed E-state index contributed by atoms with van der Waals surface area (Å²) in [5, 5.41) is 19.6. The molecular formula is C18H20ClFN2O5. The van der Waals surface area contributed by atoms with E-state index in [1.807, 2.05) is 0 Å². The Morgan fingerprint density at radius 2 is 1.96 bits per heavy atom. The van der Waals surface area contributed by atoms with Crippen molar-refractivity contribution in [1.82, 2.24) is 5.32 Å². The number of carboxylic acid groups (broad SMARTS) is 2. The summed E-state index contributed by atoms with van der Waals surface area (Å²) in [6, 6.07) is 3.98. The summed E-state index contributed by atoms with van der Waals surface area (Å²) in [5.41, 5.74) is 1.44. The van der Waals surface area contributed by atoms with Crippen molar-refractivity contribution >= 4 is 40.2 Å². The zero-order valence-electron chi connectivity index (χ0n) is 14.8. The van der Waals surface area contributed by atoms with Crippen LogP contribution in [0.25, 0.3) is 11.0 Å². The Morgan fingerprint density at radius 1 is 1.33 bits per heavy atom. The van der Waals surface area contributed by atoms with Gasteiger partial charge >= 0.3 is 11.9 Å². The number of halogens is 2. The zero-order valence-corrected chi connectivity index (χ0v) is 15.5. The molecule has 0 radical (unpaired) electrons. The van der Waals surface area contributed by atoms with Gasteiger partial charge in [-0.3, -0.25) is 0 Å². The lowest BCUT2D eigenvalue weighted by atomic mass is 10.1. The average Bonchev–Trinajstić information content (AvgIpc) is 3.09. The maximum absolute atomic E-state index is 13.9. The van der Waals surface area contributed by atoms with Crippen molar-refractivity contribution in [2.24, 2.45) is 0 Å². The highest BCUT2D eigenvalue weighted by Gasteiger charge is 2.26. The molecule has 2 aromatic rings. The second-order valence-electron chi connectivity index (χ2n) is 6.18. The fourth-order valence-electron chi connectivity index (χ4n) is 2.77. The standard InChI is InChI=1S/C14H16ClFN2O.C4H4O4/c1-8-7-18(9(2)6-17-8)12-5-11(15)13(16)10-3-4-19-14(10)12;5-3(6)1-2-4(7)8/h3-5,8-9,17H,6-7H2,1-2H3;1-2H,(H,5,6)(H,7,8)/t8-,9-;/m0./s1. The lowest BCUT2D eigenvalue weighted by Gasteiger charge is -2.39. The van der Waals surface area contributed by atoms with E-state index in [2.05, 4.69) is 24.1 Å². The molecule has 0 spiro atoms. The van der Waals surface area contributed by atoms with Gasteiger partial charge in [-0.1, -0.05) is 11.6 Å². The van der Waals surface area contributed by atoms with E-state index in [0.717, 1.165) is 18.8 Å². The van der Waals surface area contributed by atoms with Crippen molar-refractivity contribution in [3.63, 3.8) is 0 Å². The third kappa shape index (κ3) is 5.21. The molecule has 146 valence electrons. The Labute approximate surface area is 160 Å². The number of nitrogens with zero attached hydrogens (tertiary/aromatic N) is 1.